The molecule has 0 unspecified atom stereocenters. The highest BCUT2D eigenvalue weighted by atomic mass is 35.5. The third-order valence-electron chi connectivity index (χ3n) is 4.20. The van der Waals surface area contributed by atoms with E-state index in [4.69, 9.17) is 11.6 Å². The number of halogens is 2. The zero-order valence-electron chi connectivity index (χ0n) is 12.9. The lowest BCUT2D eigenvalue weighted by Gasteiger charge is -2.13. The van der Waals surface area contributed by atoms with Gasteiger partial charge in [-0.1, -0.05) is 18.2 Å². The Hall–Kier alpha value is -1.98. The maximum Gasteiger partial charge on any atom is 0.155 e. The Morgan fingerprint density at radius 1 is 1.25 bits per heavy atom. The lowest BCUT2D eigenvalue weighted by atomic mass is 9.97. The minimum atomic E-state index is -0.435. The molecule has 2 aromatic heterocycles. The summed E-state index contributed by atoms with van der Waals surface area (Å²) in [5.41, 5.74) is 2.04. The van der Waals surface area contributed by atoms with E-state index in [1.54, 1.807) is 29.5 Å². The molecule has 2 heterocycles. The molecule has 0 fully saturated rings. The fourth-order valence-corrected chi connectivity index (χ4v) is 4.52. The van der Waals surface area contributed by atoms with Gasteiger partial charge in [-0.2, -0.15) is 0 Å². The normalized spacial score (nSPS) is 13.8. The average molecular weight is 360 g/mol. The summed E-state index contributed by atoms with van der Waals surface area (Å²) in [7, 11) is 0. The highest BCUT2D eigenvalue weighted by molar-refractivity contribution is 7.19. The third kappa shape index (κ3) is 2.68. The van der Waals surface area contributed by atoms with Crippen molar-refractivity contribution in [3.63, 3.8) is 0 Å². The molecule has 0 spiro atoms. The molecule has 0 atom stereocenters. The van der Waals surface area contributed by atoms with Gasteiger partial charge in [-0.05, 0) is 55.5 Å². The second-order valence-corrected chi connectivity index (χ2v) is 7.27. The van der Waals surface area contributed by atoms with Crippen molar-refractivity contribution >= 4 is 50.7 Å². The van der Waals surface area contributed by atoms with Crippen LogP contribution in [-0.2, 0) is 12.8 Å². The molecule has 0 saturated carbocycles. The summed E-state index contributed by atoms with van der Waals surface area (Å²) < 4.78 is 13.4. The van der Waals surface area contributed by atoms with Gasteiger partial charge in [0.15, 0.2) is 5.82 Å². The zero-order chi connectivity index (χ0) is 16.7. The van der Waals surface area contributed by atoms with Gasteiger partial charge >= 0.3 is 0 Å². The van der Waals surface area contributed by atoms with E-state index in [9.17, 15) is 4.39 Å². The summed E-state index contributed by atoms with van der Waals surface area (Å²) in [6, 6.07) is 4.57. The predicted molar refractivity (Wildman–Crippen MR) is 98.8 cm³/mol. The van der Waals surface area contributed by atoms with E-state index < -0.39 is 5.82 Å². The van der Waals surface area contributed by atoms with Gasteiger partial charge in [0, 0.05) is 10.6 Å². The Labute approximate surface area is 148 Å². The fourth-order valence-electron chi connectivity index (χ4n) is 3.07. The van der Waals surface area contributed by atoms with E-state index in [1.807, 2.05) is 0 Å². The van der Waals surface area contributed by atoms with Crippen LogP contribution in [0.2, 0.25) is 5.02 Å². The largest absolute Gasteiger partial charge is 0.340 e. The number of thiophene rings is 1. The summed E-state index contributed by atoms with van der Waals surface area (Å²) in [5, 5.41) is 4.44. The molecule has 24 heavy (non-hydrogen) atoms. The van der Waals surface area contributed by atoms with Crippen LogP contribution in [0.25, 0.3) is 16.3 Å². The quantitative estimate of drug-likeness (QED) is 0.647. The molecule has 0 aliphatic heterocycles. The van der Waals surface area contributed by atoms with Crippen LogP contribution in [0.3, 0.4) is 0 Å². The van der Waals surface area contributed by atoms with Gasteiger partial charge < -0.3 is 5.32 Å². The minimum absolute atomic E-state index is 0.0848. The second-order valence-electron chi connectivity index (χ2n) is 5.78. The van der Waals surface area contributed by atoms with Crippen molar-refractivity contribution in [3.05, 3.63) is 51.9 Å². The van der Waals surface area contributed by atoms with Gasteiger partial charge in [0.2, 0.25) is 0 Å². The molecule has 6 heteroatoms. The molecule has 0 radical (unpaired) electrons. The number of aryl methyl sites for hydroxylation is 2. The number of benzene rings is 1. The monoisotopic (exact) mass is 359 g/mol. The number of nitrogens with zero attached hydrogens (tertiary/aromatic N) is 2. The van der Waals surface area contributed by atoms with E-state index in [2.05, 4.69) is 21.9 Å². The molecule has 3 aromatic rings. The smallest absolute Gasteiger partial charge is 0.155 e. The molecule has 1 aromatic carbocycles. The molecule has 1 aliphatic rings. The molecular formula is C18H15ClFN3S. The van der Waals surface area contributed by atoms with Crippen LogP contribution in [-0.4, -0.2) is 9.97 Å². The lowest BCUT2D eigenvalue weighted by molar-refractivity contribution is 0.628. The standard InChI is InChI=1S/C18H15ClFN3S/c1-2-15-22-17(21-10-7-8-13(20)12(19)9-10)16-11-5-3-4-6-14(11)24-18(16)23-15/h2,7-9H,1,3-6H2,(H,21,22,23). The second kappa shape index (κ2) is 6.15. The van der Waals surface area contributed by atoms with Gasteiger partial charge in [-0.3, -0.25) is 0 Å². The van der Waals surface area contributed by atoms with Crippen molar-refractivity contribution in [2.45, 2.75) is 25.7 Å². The first-order valence-corrected chi connectivity index (χ1v) is 9.02. The third-order valence-corrected chi connectivity index (χ3v) is 5.67. The van der Waals surface area contributed by atoms with E-state index in [1.165, 1.54) is 29.3 Å². The van der Waals surface area contributed by atoms with Gasteiger partial charge in [0.1, 0.15) is 16.5 Å². The van der Waals surface area contributed by atoms with E-state index in [0.29, 0.717) is 11.5 Å². The van der Waals surface area contributed by atoms with Crippen LogP contribution in [0, 0.1) is 5.82 Å². The first-order chi connectivity index (χ1) is 11.7. The maximum atomic E-state index is 13.4. The molecule has 0 bridgehead atoms. The Bertz CT molecular complexity index is 951. The molecular weight excluding hydrogens is 345 g/mol. The molecule has 3 nitrogen and oxygen atoms in total. The molecule has 4 rings (SSSR count). The van der Waals surface area contributed by atoms with Crippen molar-refractivity contribution < 1.29 is 4.39 Å². The highest BCUT2D eigenvalue weighted by Gasteiger charge is 2.21. The number of rotatable bonds is 3. The topological polar surface area (TPSA) is 37.8 Å². The summed E-state index contributed by atoms with van der Waals surface area (Å²) in [6.45, 7) is 3.77. The lowest BCUT2D eigenvalue weighted by Crippen LogP contribution is -2.02. The number of nitrogens with one attached hydrogen (secondary N) is 1. The van der Waals surface area contributed by atoms with Crippen LogP contribution in [0.1, 0.15) is 29.1 Å². The molecule has 122 valence electrons. The first-order valence-electron chi connectivity index (χ1n) is 7.82. The van der Waals surface area contributed by atoms with Gasteiger partial charge in [0.05, 0.1) is 10.4 Å². The van der Waals surface area contributed by atoms with E-state index in [-0.39, 0.29) is 5.02 Å². The summed E-state index contributed by atoms with van der Waals surface area (Å²) in [6.07, 6.45) is 6.19. The van der Waals surface area contributed by atoms with Crippen molar-refractivity contribution in [2.24, 2.45) is 0 Å². The Morgan fingerprint density at radius 2 is 2.08 bits per heavy atom. The van der Waals surface area contributed by atoms with Crippen LogP contribution in [0.15, 0.2) is 24.8 Å². The number of hydrogen-bond donors (Lipinski definition) is 1. The van der Waals surface area contributed by atoms with Crippen molar-refractivity contribution in [2.75, 3.05) is 5.32 Å². The summed E-state index contributed by atoms with van der Waals surface area (Å²) in [4.78, 5) is 11.5. The molecule has 0 amide bonds. The van der Waals surface area contributed by atoms with E-state index >= 15 is 0 Å². The Balaban J connectivity index is 1.87. The Morgan fingerprint density at radius 3 is 2.88 bits per heavy atom. The summed E-state index contributed by atoms with van der Waals surface area (Å²) >= 11 is 7.62. The van der Waals surface area contributed by atoms with Gasteiger partial charge in [-0.25, -0.2) is 14.4 Å². The van der Waals surface area contributed by atoms with Crippen LogP contribution < -0.4 is 5.32 Å². The fraction of sp³-hybridized carbons (Fsp3) is 0.222. The Kier molecular flexibility index (Phi) is 3.98. The number of hydrogen-bond acceptors (Lipinski definition) is 4. The average Bonchev–Trinajstić information content (AvgIpc) is 2.96. The maximum absolute atomic E-state index is 13.4. The first kappa shape index (κ1) is 15.5. The molecule has 1 aliphatic carbocycles. The van der Waals surface area contributed by atoms with Crippen LogP contribution >= 0.6 is 22.9 Å². The van der Waals surface area contributed by atoms with Crippen molar-refractivity contribution in [1.82, 2.24) is 9.97 Å². The molecule has 0 saturated heterocycles. The SMILES string of the molecule is C=Cc1nc(Nc2ccc(F)c(Cl)c2)c2c3c(sc2n1)CCCC3. The van der Waals surface area contributed by atoms with Crippen molar-refractivity contribution in [1.29, 1.82) is 0 Å². The number of fused-ring (bicyclic) bond motifs is 3. The van der Waals surface area contributed by atoms with Gasteiger partial charge in [0.25, 0.3) is 0 Å². The van der Waals surface area contributed by atoms with Crippen molar-refractivity contribution in [3.8, 4) is 0 Å². The number of anilines is 2. The summed E-state index contributed by atoms with van der Waals surface area (Å²) in [5.74, 6) is 0.878. The van der Waals surface area contributed by atoms with Crippen LogP contribution in [0.4, 0.5) is 15.9 Å². The number of aromatic nitrogens is 2. The highest BCUT2D eigenvalue weighted by Crippen LogP contribution is 2.39. The minimum Gasteiger partial charge on any atom is -0.340 e. The van der Waals surface area contributed by atoms with Gasteiger partial charge in [-0.15, -0.1) is 11.3 Å². The van der Waals surface area contributed by atoms with E-state index in [0.717, 1.165) is 28.9 Å². The predicted octanol–water partition coefficient (Wildman–Crippen LogP) is 5.75. The zero-order valence-corrected chi connectivity index (χ0v) is 14.5. The molecule has 1 N–H and O–H groups in total. The van der Waals surface area contributed by atoms with Crippen LogP contribution in [0.5, 0.6) is 0 Å².